The van der Waals surface area contributed by atoms with E-state index in [1.165, 1.54) is 0 Å². The number of nitrogens with zero attached hydrogens (tertiary/aromatic N) is 2. The third-order valence-electron chi connectivity index (χ3n) is 5.04. The minimum absolute atomic E-state index is 0.171. The molecule has 1 fully saturated rings. The van der Waals surface area contributed by atoms with E-state index in [2.05, 4.69) is 10.2 Å². The summed E-state index contributed by atoms with van der Waals surface area (Å²) in [4.78, 5) is 14.5. The summed E-state index contributed by atoms with van der Waals surface area (Å²) in [5, 5.41) is 18.0. The van der Waals surface area contributed by atoms with E-state index in [4.69, 9.17) is 4.74 Å². The van der Waals surface area contributed by atoms with Gasteiger partial charge in [-0.15, -0.1) is 0 Å². The lowest BCUT2D eigenvalue weighted by Crippen LogP contribution is -2.34. The quantitative estimate of drug-likeness (QED) is 0.747. The molecule has 2 aromatic carbocycles. The minimum atomic E-state index is -1.01. The number of aliphatic hydroxyl groups is 1. The molecule has 0 saturated carbocycles. The zero-order valence-corrected chi connectivity index (χ0v) is 15.1. The van der Waals surface area contributed by atoms with Gasteiger partial charge in [0.05, 0.1) is 19.3 Å². The number of β-amino-alcohol motifs (C(OH)–C–C–N with tert-alkyl or cyclic N) is 1. The highest BCUT2D eigenvalue weighted by Gasteiger charge is 2.40. The van der Waals surface area contributed by atoms with E-state index in [0.717, 1.165) is 11.1 Å². The molecule has 0 spiro atoms. The van der Waals surface area contributed by atoms with Gasteiger partial charge in [0.15, 0.2) is 0 Å². The van der Waals surface area contributed by atoms with Gasteiger partial charge in [0.1, 0.15) is 17.0 Å². The van der Waals surface area contributed by atoms with E-state index in [9.17, 15) is 9.90 Å². The van der Waals surface area contributed by atoms with Gasteiger partial charge in [-0.05, 0) is 30.2 Å². The van der Waals surface area contributed by atoms with Crippen molar-refractivity contribution in [2.75, 3.05) is 20.2 Å². The summed E-state index contributed by atoms with van der Waals surface area (Å²) in [5.41, 5.74) is 1.68. The van der Waals surface area contributed by atoms with E-state index >= 15 is 0 Å². The Bertz CT molecular complexity index is 954. The number of H-pyrrole nitrogens is 1. The summed E-state index contributed by atoms with van der Waals surface area (Å²) in [6.07, 6.45) is 0.510. The van der Waals surface area contributed by atoms with Gasteiger partial charge >= 0.3 is 0 Å². The number of ether oxygens (including phenoxy) is 1. The van der Waals surface area contributed by atoms with E-state index in [1.807, 2.05) is 54.6 Å². The highest BCUT2D eigenvalue weighted by atomic mass is 16.5. The first-order valence-electron chi connectivity index (χ1n) is 8.87. The normalized spacial score (nSPS) is 19.3. The molecule has 1 aliphatic rings. The maximum Gasteiger partial charge on any atom is 0.271 e. The number of likely N-dealkylation sites (tertiary alicyclic amines) is 1. The Morgan fingerprint density at radius 3 is 2.70 bits per heavy atom. The minimum Gasteiger partial charge on any atom is -0.496 e. The predicted molar refractivity (Wildman–Crippen MR) is 101 cm³/mol. The van der Waals surface area contributed by atoms with E-state index < -0.39 is 5.60 Å². The van der Waals surface area contributed by atoms with Crippen LogP contribution in [0, 0.1) is 0 Å². The molecule has 1 saturated heterocycles. The monoisotopic (exact) mass is 363 g/mol. The Balaban J connectivity index is 1.54. The summed E-state index contributed by atoms with van der Waals surface area (Å²) in [6, 6.07) is 18.7. The van der Waals surface area contributed by atoms with Crippen LogP contribution in [0.15, 0.2) is 60.7 Å². The summed E-state index contributed by atoms with van der Waals surface area (Å²) in [6.45, 7) is 0.756. The molecule has 0 radical (unpaired) electrons. The van der Waals surface area contributed by atoms with Crippen LogP contribution < -0.4 is 4.74 Å². The van der Waals surface area contributed by atoms with Crippen LogP contribution in [0.1, 0.15) is 22.5 Å². The fourth-order valence-corrected chi connectivity index (χ4v) is 3.55. The van der Waals surface area contributed by atoms with E-state index in [1.54, 1.807) is 18.1 Å². The van der Waals surface area contributed by atoms with Crippen molar-refractivity contribution < 1.29 is 14.6 Å². The molecular formula is C21H21N3O3. The lowest BCUT2D eigenvalue weighted by Gasteiger charge is -2.23. The van der Waals surface area contributed by atoms with Gasteiger partial charge in [-0.2, -0.15) is 5.10 Å². The number of aromatic nitrogens is 2. The molecule has 1 aliphatic heterocycles. The van der Waals surface area contributed by atoms with Gasteiger partial charge < -0.3 is 14.7 Å². The molecule has 3 aromatic rings. The standard InChI is InChI=1S/C21H21N3O3/c1-27-19-10-6-5-9-16(19)17-13-18(23-22-17)20(25)24-12-11-21(26,14-24)15-7-3-2-4-8-15/h2-10,13,26H,11-12,14H2,1H3,(H,22,23)/t21-/m1/s1. The number of para-hydroxylation sites is 1. The third-order valence-corrected chi connectivity index (χ3v) is 5.04. The van der Waals surface area contributed by atoms with Crippen molar-refractivity contribution in [1.29, 1.82) is 0 Å². The first-order valence-corrected chi connectivity index (χ1v) is 8.87. The fraction of sp³-hybridized carbons (Fsp3) is 0.238. The number of rotatable bonds is 4. The van der Waals surface area contributed by atoms with Crippen LogP contribution >= 0.6 is 0 Å². The number of aromatic amines is 1. The summed E-state index contributed by atoms with van der Waals surface area (Å²) in [7, 11) is 1.60. The fourth-order valence-electron chi connectivity index (χ4n) is 3.55. The second-order valence-corrected chi connectivity index (χ2v) is 6.74. The first-order chi connectivity index (χ1) is 13.1. The van der Waals surface area contributed by atoms with Crippen LogP contribution in [-0.2, 0) is 5.60 Å². The van der Waals surface area contributed by atoms with Crippen molar-refractivity contribution in [2.45, 2.75) is 12.0 Å². The van der Waals surface area contributed by atoms with E-state index in [0.29, 0.717) is 30.1 Å². The number of hydrogen-bond donors (Lipinski definition) is 2. The topological polar surface area (TPSA) is 78.5 Å². The molecule has 2 N–H and O–H groups in total. The lowest BCUT2D eigenvalue weighted by molar-refractivity contribution is 0.0415. The van der Waals surface area contributed by atoms with Crippen molar-refractivity contribution in [3.63, 3.8) is 0 Å². The largest absolute Gasteiger partial charge is 0.496 e. The summed E-state index contributed by atoms with van der Waals surface area (Å²) >= 11 is 0. The number of hydrogen-bond acceptors (Lipinski definition) is 4. The van der Waals surface area contributed by atoms with Crippen LogP contribution in [0.3, 0.4) is 0 Å². The summed E-state index contributed by atoms with van der Waals surface area (Å²) < 4.78 is 5.36. The Morgan fingerprint density at radius 1 is 1.19 bits per heavy atom. The Kier molecular flexibility index (Phi) is 4.41. The zero-order chi connectivity index (χ0) is 18.9. The first kappa shape index (κ1) is 17.3. The molecule has 1 aromatic heterocycles. The second kappa shape index (κ2) is 6.89. The molecule has 6 nitrogen and oxygen atoms in total. The molecule has 1 amide bonds. The van der Waals surface area contributed by atoms with Gasteiger partial charge in [-0.3, -0.25) is 9.89 Å². The number of amides is 1. The molecule has 2 heterocycles. The van der Waals surface area contributed by atoms with Gasteiger partial charge in [-0.25, -0.2) is 0 Å². The number of carbonyl (C=O) groups is 1. The maximum atomic E-state index is 12.9. The van der Waals surface area contributed by atoms with Gasteiger partial charge in [-0.1, -0.05) is 42.5 Å². The highest BCUT2D eigenvalue weighted by Crippen LogP contribution is 2.33. The van der Waals surface area contributed by atoms with Crippen molar-refractivity contribution in [3.8, 4) is 17.0 Å². The van der Waals surface area contributed by atoms with Crippen molar-refractivity contribution in [1.82, 2.24) is 15.1 Å². The zero-order valence-electron chi connectivity index (χ0n) is 15.1. The second-order valence-electron chi connectivity index (χ2n) is 6.74. The van der Waals surface area contributed by atoms with Crippen LogP contribution in [0.5, 0.6) is 5.75 Å². The average molecular weight is 363 g/mol. The Labute approximate surface area is 157 Å². The molecule has 27 heavy (non-hydrogen) atoms. The van der Waals surface area contributed by atoms with Gasteiger partial charge in [0.25, 0.3) is 5.91 Å². The SMILES string of the molecule is COc1ccccc1-c1cc(C(=O)N2CC[C@](O)(c3ccccc3)C2)[nH]n1. The molecular weight excluding hydrogens is 342 g/mol. The van der Waals surface area contributed by atoms with Crippen molar-refractivity contribution >= 4 is 5.91 Å². The average Bonchev–Trinajstić information content (AvgIpc) is 3.36. The van der Waals surface area contributed by atoms with Crippen LogP contribution in [0.4, 0.5) is 0 Å². The Hall–Kier alpha value is -3.12. The molecule has 1 atom stereocenters. The molecule has 0 unspecified atom stereocenters. The molecule has 138 valence electrons. The summed E-state index contributed by atoms with van der Waals surface area (Å²) in [5.74, 6) is 0.526. The van der Waals surface area contributed by atoms with Crippen LogP contribution in [0.2, 0.25) is 0 Å². The number of carbonyl (C=O) groups excluding carboxylic acids is 1. The molecule has 0 bridgehead atoms. The lowest BCUT2D eigenvalue weighted by atomic mass is 9.93. The van der Waals surface area contributed by atoms with Crippen LogP contribution in [-0.4, -0.2) is 46.3 Å². The molecule has 0 aliphatic carbocycles. The third kappa shape index (κ3) is 3.19. The number of nitrogens with one attached hydrogen (secondary N) is 1. The maximum absolute atomic E-state index is 12.9. The van der Waals surface area contributed by atoms with Gasteiger partial charge in [0, 0.05) is 12.1 Å². The van der Waals surface area contributed by atoms with Crippen molar-refractivity contribution in [3.05, 3.63) is 71.9 Å². The van der Waals surface area contributed by atoms with Crippen LogP contribution in [0.25, 0.3) is 11.3 Å². The molecule has 4 rings (SSSR count). The number of benzene rings is 2. The Morgan fingerprint density at radius 2 is 1.93 bits per heavy atom. The van der Waals surface area contributed by atoms with Crippen molar-refractivity contribution in [2.24, 2.45) is 0 Å². The highest BCUT2D eigenvalue weighted by molar-refractivity contribution is 5.94. The predicted octanol–water partition coefficient (Wildman–Crippen LogP) is 2.82. The number of methoxy groups -OCH3 is 1. The van der Waals surface area contributed by atoms with E-state index in [-0.39, 0.29) is 12.5 Å². The molecule has 6 heteroatoms. The smallest absolute Gasteiger partial charge is 0.271 e. The van der Waals surface area contributed by atoms with Gasteiger partial charge in [0.2, 0.25) is 0 Å².